The summed E-state index contributed by atoms with van der Waals surface area (Å²) >= 11 is 0. The summed E-state index contributed by atoms with van der Waals surface area (Å²) < 4.78 is 38.4. The number of rotatable bonds is 3. The molecule has 1 saturated heterocycles. The lowest BCUT2D eigenvalue weighted by molar-refractivity contribution is -0.141. The number of primary amides is 1. The summed E-state index contributed by atoms with van der Waals surface area (Å²) in [4.78, 5) is 18.8. The van der Waals surface area contributed by atoms with Crippen molar-refractivity contribution >= 4 is 17.4 Å². The number of carbonyl (C=O) groups is 1. The van der Waals surface area contributed by atoms with Crippen molar-refractivity contribution in [3.63, 3.8) is 0 Å². The van der Waals surface area contributed by atoms with Crippen LogP contribution in [-0.2, 0) is 6.18 Å². The number of hydrogen-bond acceptors (Lipinski definition) is 4. The van der Waals surface area contributed by atoms with Crippen molar-refractivity contribution in [1.82, 2.24) is 4.98 Å². The van der Waals surface area contributed by atoms with Gasteiger partial charge in [-0.25, -0.2) is 4.98 Å². The normalized spacial score (nSPS) is 15.3. The van der Waals surface area contributed by atoms with Gasteiger partial charge in [-0.3, -0.25) is 4.79 Å². The van der Waals surface area contributed by atoms with Gasteiger partial charge in [0.15, 0.2) is 0 Å². The summed E-state index contributed by atoms with van der Waals surface area (Å²) in [6.45, 7) is 2.42. The van der Waals surface area contributed by atoms with Crippen LogP contribution in [0.2, 0.25) is 0 Å². The minimum atomic E-state index is -4.44. The molecule has 1 aliphatic heterocycles. The molecule has 1 fully saturated rings. The van der Waals surface area contributed by atoms with Crippen molar-refractivity contribution in [3.05, 3.63) is 53.7 Å². The van der Waals surface area contributed by atoms with E-state index in [1.807, 2.05) is 17.0 Å². The van der Waals surface area contributed by atoms with Gasteiger partial charge in [-0.1, -0.05) is 6.07 Å². The average molecular weight is 350 g/mol. The van der Waals surface area contributed by atoms with Gasteiger partial charge in [0.2, 0.25) is 5.91 Å². The number of nitrogens with two attached hydrogens (primary N) is 1. The van der Waals surface area contributed by atoms with Gasteiger partial charge in [0, 0.05) is 37.4 Å². The first-order valence-electron chi connectivity index (χ1n) is 7.78. The minimum absolute atomic E-state index is 0.332. The van der Waals surface area contributed by atoms with Crippen LogP contribution < -0.4 is 15.5 Å². The van der Waals surface area contributed by atoms with Gasteiger partial charge in [-0.2, -0.15) is 13.2 Å². The predicted molar refractivity (Wildman–Crippen MR) is 88.6 cm³/mol. The van der Waals surface area contributed by atoms with Crippen molar-refractivity contribution in [2.24, 2.45) is 5.73 Å². The second-order valence-corrected chi connectivity index (χ2v) is 5.76. The van der Waals surface area contributed by atoms with Crippen LogP contribution in [0, 0.1) is 0 Å². The van der Waals surface area contributed by atoms with Gasteiger partial charge in [0.05, 0.1) is 0 Å². The summed E-state index contributed by atoms with van der Waals surface area (Å²) in [6.07, 6.45) is -4.44. The lowest BCUT2D eigenvalue weighted by atomic mass is 10.1. The molecule has 0 bridgehead atoms. The number of amides is 1. The molecule has 2 heterocycles. The van der Waals surface area contributed by atoms with Crippen LogP contribution in [0.1, 0.15) is 16.1 Å². The number of halogens is 3. The van der Waals surface area contributed by atoms with Crippen LogP contribution in [0.3, 0.4) is 0 Å². The van der Waals surface area contributed by atoms with Gasteiger partial charge in [0.1, 0.15) is 11.5 Å². The SMILES string of the molecule is NC(=O)c1ccc(N2CCN(c3cccc(C(F)(F)F)n3)CC2)cc1. The Kier molecular flexibility index (Phi) is 4.52. The van der Waals surface area contributed by atoms with Gasteiger partial charge < -0.3 is 15.5 Å². The highest BCUT2D eigenvalue weighted by Crippen LogP contribution is 2.29. The second-order valence-electron chi connectivity index (χ2n) is 5.76. The third-order valence-corrected chi connectivity index (χ3v) is 4.15. The van der Waals surface area contributed by atoms with E-state index in [1.165, 1.54) is 6.07 Å². The summed E-state index contributed by atoms with van der Waals surface area (Å²) in [5.41, 5.74) is 5.73. The van der Waals surface area contributed by atoms with Gasteiger partial charge >= 0.3 is 6.18 Å². The van der Waals surface area contributed by atoms with Crippen LogP contribution in [0.4, 0.5) is 24.7 Å². The molecule has 0 atom stereocenters. The zero-order valence-electron chi connectivity index (χ0n) is 13.3. The van der Waals surface area contributed by atoms with E-state index in [0.29, 0.717) is 37.6 Å². The lowest BCUT2D eigenvalue weighted by Gasteiger charge is -2.37. The largest absolute Gasteiger partial charge is 0.433 e. The van der Waals surface area contributed by atoms with Crippen molar-refractivity contribution in [2.75, 3.05) is 36.0 Å². The second kappa shape index (κ2) is 6.62. The van der Waals surface area contributed by atoms with Crippen molar-refractivity contribution < 1.29 is 18.0 Å². The van der Waals surface area contributed by atoms with E-state index < -0.39 is 17.8 Å². The van der Waals surface area contributed by atoms with Crippen molar-refractivity contribution in [2.45, 2.75) is 6.18 Å². The number of piperazine rings is 1. The molecular formula is C17H17F3N4O. The van der Waals surface area contributed by atoms with E-state index in [-0.39, 0.29) is 0 Å². The highest BCUT2D eigenvalue weighted by Gasteiger charge is 2.33. The number of nitrogens with zero attached hydrogens (tertiary/aromatic N) is 3. The molecule has 2 N–H and O–H groups in total. The molecule has 2 aromatic rings. The lowest BCUT2D eigenvalue weighted by Crippen LogP contribution is -2.47. The fourth-order valence-electron chi connectivity index (χ4n) is 2.79. The van der Waals surface area contributed by atoms with E-state index in [9.17, 15) is 18.0 Å². The molecule has 5 nitrogen and oxygen atoms in total. The Balaban J connectivity index is 1.67. The standard InChI is InChI=1S/C17H17F3N4O/c18-17(19,20)14-2-1-3-15(22-14)24-10-8-23(9-11-24)13-6-4-12(5-7-13)16(21)25/h1-7H,8-11H2,(H2,21,25). The highest BCUT2D eigenvalue weighted by molar-refractivity contribution is 5.93. The number of aromatic nitrogens is 1. The quantitative estimate of drug-likeness (QED) is 0.924. The summed E-state index contributed by atoms with van der Waals surface area (Å²) in [5.74, 6) is -0.148. The number of pyridine rings is 1. The zero-order valence-corrected chi connectivity index (χ0v) is 13.3. The maximum Gasteiger partial charge on any atom is 0.433 e. The molecule has 0 spiro atoms. The Morgan fingerprint density at radius 1 is 0.960 bits per heavy atom. The monoisotopic (exact) mass is 350 g/mol. The third-order valence-electron chi connectivity index (χ3n) is 4.15. The first kappa shape index (κ1) is 17.1. The van der Waals surface area contributed by atoms with Crippen LogP contribution in [0.15, 0.2) is 42.5 Å². The van der Waals surface area contributed by atoms with Crippen LogP contribution >= 0.6 is 0 Å². The number of alkyl halides is 3. The van der Waals surface area contributed by atoms with Crippen molar-refractivity contribution in [1.29, 1.82) is 0 Å². The van der Waals surface area contributed by atoms with E-state index in [4.69, 9.17) is 5.73 Å². The van der Waals surface area contributed by atoms with E-state index in [0.717, 1.165) is 11.8 Å². The van der Waals surface area contributed by atoms with Crippen LogP contribution in [0.5, 0.6) is 0 Å². The molecule has 1 aromatic heterocycles. The van der Waals surface area contributed by atoms with E-state index in [2.05, 4.69) is 9.88 Å². The highest BCUT2D eigenvalue weighted by atomic mass is 19.4. The minimum Gasteiger partial charge on any atom is -0.368 e. The van der Waals surface area contributed by atoms with Crippen LogP contribution in [-0.4, -0.2) is 37.1 Å². The molecular weight excluding hydrogens is 333 g/mol. The Bertz CT molecular complexity index is 753. The molecule has 1 aliphatic rings. The van der Waals surface area contributed by atoms with Crippen molar-refractivity contribution in [3.8, 4) is 0 Å². The molecule has 25 heavy (non-hydrogen) atoms. The smallest absolute Gasteiger partial charge is 0.368 e. The fourth-order valence-corrected chi connectivity index (χ4v) is 2.79. The average Bonchev–Trinajstić information content (AvgIpc) is 2.61. The first-order valence-corrected chi connectivity index (χ1v) is 7.78. The predicted octanol–water partition coefficient (Wildman–Crippen LogP) is 2.53. The third kappa shape index (κ3) is 3.84. The number of hydrogen-bond donors (Lipinski definition) is 1. The molecule has 0 saturated carbocycles. The topological polar surface area (TPSA) is 62.5 Å². The molecule has 0 unspecified atom stereocenters. The Hall–Kier alpha value is -2.77. The fraction of sp³-hybridized carbons (Fsp3) is 0.294. The Morgan fingerprint density at radius 3 is 2.12 bits per heavy atom. The van der Waals surface area contributed by atoms with Gasteiger partial charge in [-0.15, -0.1) is 0 Å². The molecule has 8 heteroatoms. The molecule has 1 aromatic carbocycles. The molecule has 1 amide bonds. The molecule has 3 rings (SSSR count). The number of carbonyl (C=O) groups excluding carboxylic acids is 1. The van der Waals surface area contributed by atoms with E-state index >= 15 is 0 Å². The van der Waals surface area contributed by atoms with E-state index in [1.54, 1.807) is 18.2 Å². The van der Waals surface area contributed by atoms with Crippen LogP contribution in [0.25, 0.3) is 0 Å². The summed E-state index contributed by atoms with van der Waals surface area (Å²) in [6, 6.07) is 10.9. The zero-order chi connectivity index (χ0) is 18.0. The maximum atomic E-state index is 12.8. The molecule has 0 aliphatic carbocycles. The number of anilines is 2. The Labute approximate surface area is 142 Å². The summed E-state index contributed by atoms with van der Waals surface area (Å²) in [5, 5.41) is 0. The number of benzene rings is 1. The van der Waals surface area contributed by atoms with Gasteiger partial charge in [0.25, 0.3) is 0 Å². The molecule has 0 radical (unpaired) electrons. The summed E-state index contributed by atoms with van der Waals surface area (Å²) in [7, 11) is 0. The Morgan fingerprint density at radius 2 is 1.56 bits per heavy atom. The first-order chi connectivity index (χ1) is 11.8. The maximum absolute atomic E-state index is 12.8. The van der Waals surface area contributed by atoms with Gasteiger partial charge in [-0.05, 0) is 36.4 Å². The molecule has 132 valence electrons.